The maximum Gasteiger partial charge on any atom is 0.416 e. The molecule has 3 aromatic carbocycles. The lowest BCUT2D eigenvalue weighted by Gasteiger charge is -2.23. The predicted molar refractivity (Wildman–Crippen MR) is 96.8 cm³/mol. The highest BCUT2D eigenvalue weighted by Gasteiger charge is 2.32. The highest BCUT2D eigenvalue weighted by molar-refractivity contribution is 5.94. The summed E-state index contributed by atoms with van der Waals surface area (Å²) in [6.45, 7) is 0. The molecule has 3 rings (SSSR count). The van der Waals surface area contributed by atoms with Crippen molar-refractivity contribution in [3.8, 4) is 0 Å². The van der Waals surface area contributed by atoms with Crippen molar-refractivity contribution in [3.05, 3.63) is 101 Å². The van der Waals surface area contributed by atoms with Gasteiger partial charge in [0.25, 0.3) is 0 Å². The molecule has 138 valence electrons. The van der Waals surface area contributed by atoms with Crippen molar-refractivity contribution in [1.29, 1.82) is 0 Å². The zero-order valence-corrected chi connectivity index (χ0v) is 14.1. The molecule has 0 amide bonds. The van der Waals surface area contributed by atoms with Crippen molar-refractivity contribution in [2.45, 2.75) is 12.2 Å². The Hall–Kier alpha value is -3.28. The fourth-order valence-electron chi connectivity index (χ4n) is 2.83. The molecular formula is C21H16F3NO2. The van der Waals surface area contributed by atoms with Gasteiger partial charge in [-0.1, -0.05) is 60.7 Å². The number of hydrogen-bond acceptors (Lipinski definition) is 2. The van der Waals surface area contributed by atoms with E-state index in [9.17, 15) is 23.1 Å². The summed E-state index contributed by atoms with van der Waals surface area (Å²) in [4.78, 5) is 11.5. The van der Waals surface area contributed by atoms with Gasteiger partial charge in [0.1, 0.15) is 0 Å². The molecule has 3 aromatic rings. The van der Waals surface area contributed by atoms with Gasteiger partial charge in [0, 0.05) is 0 Å². The summed E-state index contributed by atoms with van der Waals surface area (Å²) in [5, 5.41) is 12.4. The first-order valence-corrected chi connectivity index (χ1v) is 8.17. The second-order valence-corrected chi connectivity index (χ2v) is 5.96. The van der Waals surface area contributed by atoms with E-state index >= 15 is 0 Å². The van der Waals surface area contributed by atoms with Gasteiger partial charge >= 0.3 is 12.1 Å². The molecule has 6 heteroatoms. The van der Waals surface area contributed by atoms with E-state index < -0.39 is 23.8 Å². The van der Waals surface area contributed by atoms with Crippen LogP contribution >= 0.6 is 0 Å². The Balaban J connectivity index is 2.09. The van der Waals surface area contributed by atoms with Crippen LogP contribution in [0.15, 0.2) is 78.9 Å². The molecule has 0 atom stereocenters. The molecule has 0 saturated carbocycles. The Bertz CT molecular complexity index is 886. The topological polar surface area (TPSA) is 49.3 Å². The highest BCUT2D eigenvalue weighted by Crippen LogP contribution is 2.34. The summed E-state index contributed by atoms with van der Waals surface area (Å²) in [6.07, 6.45) is -4.57. The number of carbonyl (C=O) groups is 1. The zero-order valence-electron chi connectivity index (χ0n) is 14.1. The minimum absolute atomic E-state index is 0.0879. The van der Waals surface area contributed by atoms with E-state index in [4.69, 9.17) is 0 Å². The predicted octanol–water partition coefficient (Wildman–Crippen LogP) is 5.61. The second kappa shape index (κ2) is 7.53. The van der Waals surface area contributed by atoms with Crippen LogP contribution in [0.5, 0.6) is 0 Å². The number of carboxylic acid groups (broad SMARTS) is 1. The van der Waals surface area contributed by atoms with Crippen molar-refractivity contribution >= 4 is 11.7 Å². The maximum absolute atomic E-state index is 13.1. The molecule has 0 heterocycles. The van der Waals surface area contributed by atoms with Crippen LogP contribution in [0, 0.1) is 0 Å². The molecule has 2 N–H and O–H groups in total. The standard InChI is InChI=1S/C21H16F3NO2/c22-21(23,24)16-11-12-17(20(26)27)18(13-16)25-19(14-7-3-1-4-8-14)15-9-5-2-6-10-15/h1-13,19,25H,(H,26,27). The molecule has 0 aliphatic heterocycles. The number of nitrogens with one attached hydrogen (secondary N) is 1. The normalized spacial score (nSPS) is 11.4. The molecule has 3 nitrogen and oxygen atoms in total. The number of halogens is 3. The van der Waals surface area contributed by atoms with Gasteiger partial charge in [0.2, 0.25) is 0 Å². The first-order valence-electron chi connectivity index (χ1n) is 8.17. The van der Waals surface area contributed by atoms with Gasteiger partial charge in [0.15, 0.2) is 0 Å². The number of carboxylic acids is 1. The minimum atomic E-state index is -4.57. The van der Waals surface area contributed by atoms with Crippen LogP contribution < -0.4 is 5.32 Å². The molecule has 0 fully saturated rings. The molecule has 0 aliphatic carbocycles. The third-order valence-corrected chi connectivity index (χ3v) is 4.14. The molecule has 0 aliphatic rings. The van der Waals surface area contributed by atoms with Crippen LogP contribution in [0.3, 0.4) is 0 Å². The van der Waals surface area contributed by atoms with Crippen LogP contribution in [0.1, 0.15) is 33.1 Å². The Morgan fingerprint density at radius 3 is 1.81 bits per heavy atom. The van der Waals surface area contributed by atoms with E-state index in [1.165, 1.54) is 0 Å². The lowest BCUT2D eigenvalue weighted by molar-refractivity contribution is -0.137. The van der Waals surface area contributed by atoms with Crippen LogP contribution in [-0.4, -0.2) is 11.1 Å². The molecular weight excluding hydrogens is 355 g/mol. The average Bonchev–Trinajstić information content (AvgIpc) is 2.66. The molecule has 0 radical (unpaired) electrons. The van der Waals surface area contributed by atoms with Crippen molar-refractivity contribution < 1.29 is 23.1 Å². The van der Waals surface area contributed by atoms with Crippen LogP contribution in [0.25, 0.3) is 0 Å². The summed E-state index contributed by atoms with van der Waals surface area (Å²) in [5.74, 6) is -1.30. The van der Waals surface area contributed by atoms with Gasteiger partial charge in [-0.15, -0.1) is 0 Å². The number of alkyl halides is 3. The van der Waals surface area contributed by atoms with E-state index in [2.05, 4.69) is 5.32 Å². The lowest BCUT2D eigenvalue weighted by atomic mass is 9.97. The van der Waals surface area contributed by atoms with E-state index in [0.29, 0.717) is 0 Å². The van der Waals surface area contributed by atoms with Crippen LogP contribution in [0.2, 0.25) is 0 Å². The highest BCUT2D eigenvalue weighted by atomic mass is 19.4. The van der Waals surface area contributed by atoms with Gasteiger partial charge in [-0.3, -0.25) is 0 Å². The summed E-state index contributed by atoms with van der Waals surface area (Å²) in [7, 11) is 0. The first-order chi connectivity index (χ1) is 12.9. The minimum Gasteiger partial charge on any atom is -0.478 e. The second-order valence-electron chi connectivity index (χ2n) is 5.96. The zero-order chi connectivity index (χ0) is 19.4. The monoisotopic (exact) mass is 371 g/mol. The number of rotatable bonds is 5. The molecule has 0 aromatic heterocycles. The Morgan fingerprint density at radius 1 is 0.852 bits per heavy atom. The SMILES string of the molecule is O=C(O)c1ccc(C(F)(F)F)cc1NC(c1ccccc1)c1ccccc1. The smallest absolute Gasteiger partial charge is 0.416 e. The largest absolute Gasteiger partial charge is 0.478 e. The quantitative estimate of drug-likeness (QED) is 0.613. The van der Waals surface area contributed by atoms with E-state index in [1.807, 2.05) is 60.7 Å². The summed E-state index contributed by atoms with van der Waals surface area (Å²) in [5.41, 5.74) is 0.389. The van der Waals surface area contributed by atoms with E-state index in [1.54, 1.807) is 0 Å². The summed E-state index contributed by atoms with van der Waals surface area (Å²) < 4.78 is 39.3. The fourth-order valence-corrected chi connectivity index (χ4v) is 2.83. The third-order valence-electron chi connectivity index (χ3n) is 4.14. The third kappa shape index (κ3) is 4.28. The fraction of sp³-hybridized carbons (Fsp3) is 0.0952. The van der Waals surface area contributed by atoms with E-state index in [-0.39, 0.29) is 11.3 Å². The lowest BCUT2D eigenvalue weighted by Crippen LogP contribution is -2.16. The van der Waals surface area contributed by atoms with E-state index in [0.717, 1.165) is 29.3 Å². The maximum atomic E-state index is 13.1. The molecule has 0 unspecified atom stereocenters. The van der Waals surface area contributed by atoms with Gasteiger partial charge < -0.3 is 10.4 Å². The van der Waals surface area contributed by atoms with Crippen molar-refractivity contribution in [1.82, 2.24) is 0 Å². The Morgan fingerprint density at radius 2 is 1.37 bits per heavy atom. The van der Waals surface area contributed by atoms with Gasteiger partial charge in [-0.25, -0.2) is 4.79 Å². The Labute approximate surface area is 154 Å². The van der Waals surface area contributed by atoms with Crippen LogP contribution in [0.4, 0.5) is 18.9 Å². The summed E-state index contributed by atoms with van der Waals surface area (Å²) >= 11 is 0. The number of aromatic carboxylic acids is 1. The van der Waals surface area contributed by atoms with Gasteiger partial charge in [0.05, 0.1) is 22.9 Å². The van der Waals surface area contributed by atoms with Crippen molar-refractivity contribution in [2.75, 3.05) is 5.32 Å². The number of benzene rings is 3. The number of hydrogen-bond donors (Lipinski definition) is 2. The van der Waals surface area contributed by atoms with Crippen LogP contribution in [-0.2, 0) is 6.18 Å². The molecule has 0 spiro atoms. The van der Waals surface area contributed by atoms with Gasteiger partial charge in [-0.2, -0.15) is 13.2 Å². The van der Waals surface area contributed by atoms with Crippen molar-refractivity contribution in [2.24, 2.45) is 0 Å². The molecule has 0 saturated heterocycles. The Kier molecular flexibility index (Phi) is 5.16. The number of anilines is 1. The summed E-state index contributed by atoms with van der Waals surface area (Å²) in [6, 6.07) is 20.3. The molecule has 0 bridgehead atoms. The molecule has 27 heavy (non-hydrogen) atoms. The van der Waals surface area contributed by atoms with Gasteiger partial charge in [-0.05, 0) is 29.3 Å². The first kappa shape index (κ1) is 18.5. The van der Waals surface area contributed by atoms with Crippen molar-refractivity contribution in [3.63, 3.8) is 0 Å². The average molecular weight is 371 g/mol.